The zero-order valence-corrected chi connectivity index (χ0v) is 12.2. The van der Waals surface area contributed by atoms with Crippen molar-refractivity contribution in [1.82, 2.24) is 4.98 Å². The first kappa shape index (κ1) is 12.8. The minimum atomic E-state index is 0.802. The molecule has 0 aliphatic rings. The van der Waals surface area contributed by atoms with Gasteiger partial charge in [-0.25, -0.2) is 4.98 Å². The summed E-state index contributed by atoms with van der Waals surface area (Å²) >= 11 is 1.66. The first-order valence-electron chi connectivity index (χ1n) is 6.43. The molecule has 3 aromatic rings. The van der Waals surface area contributed by atoms with Crippen LogP contribution in [-0.2, 0) is 0 Å². The molecule has 2 heterocycles. The molecule has 100 valence electrons. The molecule has 2 aromatic heterocycles. The molecule has 3 nitrogen and oxygen atoms in total. The summed E-state index contributed by atoms with van der Waals surface area (Å²) in [5.74, 6) is 0.802. The smallest absolute Gasteiger partial charge is 0.149 e. The van der Waals surface area contributed by atoms with Crippen molar-refractivity contribution in [1.29, 1.82) is 0 Å². The Morgan fingerprint density at radius 2 is 2.10 bits per heavy atom. The van der Waals surface area contributed by atoms with E-state index in [2.05, 4.69) is 46.7 Å². The van der Waals surface area contributed by atoms with Crippen LogP contribution >= 0.6 is 11.3 Å². The van der Waals surface area contributed by atoms with Gasteiger partial charge in [-0.2, -0.15) is 5.10 Å². The third-order valence-electron chi connectivity index (χ3n) is 3.07. The molecular formula is C16H15N3S. The fraction of sp³-hybridized carbons (Fsp3) is 0.125. The van der Waals surface area contributed by atoms with E-state index in [4.69, 9.17) is 0 Å². The average Bonchev–Trinajstić information content (AvgIpc) is 2.93. The lowest BCUT2D eigenvalue weighted by atomic mass is 10.1. The number of hydrogen-bond acceptors (Lipinski definition) is 4. The lowest BCUT2D eigenvalue weighted by molar-refractivity contribution is 1.23. The second-order valence-corrected chi connectivity index (χ2v) is 5.71. The van der Waals surface area contributed by atoms with Gasteiger partial charge in [-0.3, -0.25) is 5.43 Å². The number of pyridine rings is 1. The zero-order chi connectivity index (χ0) is 13.9. The number of anilines is 1. The monoisotopic (exact) mass is 281 g/mol. The highest BCUT2D eigenvalue weighted by atomic mass is 32.1. The number of fused-ring (bicyclic) bond motifs is 1. The molecule has 0 fully saturated rings. The van der Waals surface area contributed by atoms with Crippen molar-refractivity contribution in [2.45, 2.75) is 13.8 Å². The van der Waals surface area contributed by atoms with Gasteiger partial charge in [0.2, 0.25) is 0 Å². The van der Waals surface area contributed by atoms with Crippen LogP contribution in [0.2, 0.25) is 0 Å². The zero-order valence-electron chi connectivity index (χ0n) is 11.4. The Balaban J connectivity index is 1.89. The van der Waals surface area contributed by atoms with Crippen molar-refractivity contribution in [3.05, 3.63) is 57.8 Å². The number of nitrogens with one attached hydrogen (secondary N) is 1. The predicted molar refractivity (Wildman–Crippen MR) is 86.8 cm³/mol. The van der Waals surface area contributed by atoms with E-state index in [-0.39, 0.29) is 0 Å². The summed E-state index contributed by atoms with van der Waals surface area (Å²) in [6.07, 6.45) is 1.81. The van der Waals surface area contributed by atoms with E-state index in [1.165, 1.54) is 5.56 Å². The summed E-state index contributed by atoms with van der Waals surface area (Å²) < 4.78 is 0. The quantitative estimate of drug-likeness (QED) is 0.572. The average molecular weight is 281 g/mol. The molecule has 0 bridgehead atoms. The SMILES string of the molecule is Cc1ccc2cc(C)c(N/N=C/c3cccs3)nc2c1. The van der Waals surface area contributed by atoms with Gasteiger partial charge in [-0.15, -0.1) is 11.3 Å². The van der Waals surface area contributed by atoms with Crippen molar-refractivity contribution in [3.8, 4) is 0 Å². The van der Waals surface area contributed by atoms with Gasteiger partial charge in [0.05, 0.1) is 11.7 Å². The van der Waals surface area contributed by atoms with E-state index in [1.54, 1.807) is 11.3 Å². The van der Waals surface area contributed by atoms with Gasteiger partial charge in [0.15, 0.2) is 0 Å². The number of benzene rings is 1. The fourth-order valence-electron chi connectivity index (χ4n) is 2.02. The van der Waals surface area contributed by atoms with Gasteiger partial charge in [0.1, 0.15) is 5.82 Å². The van der Waals surface area contributed by atoms with Gasteiger partial charge in [0.25, 0.3) is 0 Å². The number of thiophene rings is 1. The van der Waals surface area contributed by atoms with E-state index >= 15 is 0 Å². The van der Waals surface area contributed by atoms with Gasteiger partial charge in [-0.05, 0) is 48.6 Å². The lowest BCUT2D eigenvalue weighted by Crippen LogP contribution is -1.96. The summed E-state index contributed by atoms with van der Waals surface area (Å²) in [5, 5.41) is 7.43. The minimum absolute atomic E-state index is 0.802. The molecule has 4 heteroatoms. The van der Waals surface area contributed by atoms with E-state index in [0.717, 1.165) is 27.2 Å². The normalized spacial score (nSPS) is 11.3. The molecule has 20 heavy (non-hydrogen) atoms. The fourth-order valence-corrected chi connectivity index (χ4v) is 2.60. The molecule has 1 N–H and O–H groups in total. The lowest BCUT2D eigenvalue weighted by Gasteiger charge is -2.06. The van der Waals surface area contributed by atoms with Crippen LogP contribution in [0.4, 0.5) is 5.82 Å². The number of aryl methyl sites for hydroxylation is 2. The van der Waals surface area contributed by atoms with Crippen LogP contribution in [-0.4, -0.2) is 11.2 Å². The Morgan fingerprint density at radius 1 is 1.20 bits per heavy atom. The Kier molecular flexibility index (Phi) is 3.48. The van der Waals surface area contributed by atoms with Crippen LogP contribution in [0.1, 0.15) is 16.0 Å². The minimum Gasteiger partial charge on any atom is -0.261 e. The summed E-state index contributed by atoms with van der Waals surface area (Å²) in [6.45, 7) is 4.11. The summed E-state index contributed by atoms with van der Waals surface area (Å²) in [6, 6.07) is 12.5. The molecule has 1 aromatic carbocycles. The predicted octanol–water partition coefficient (Wildman–Crippen LogP) is 4.36. The Bertz CT molecular complexity index is 761. The van der Waals surface area contributed by atoms with E-state index in [0.29, 0.717) is 0 Å². The van der Waals surface area contributed by atoms with E-state index in [1.807, 2.05) is 30.7 Å². The first-order chi connectivity index (χ1) is 9.72. The van der Waals surface area contributed by atoms with Crippen molar-refractivity contribution >= 4 is 34.3 Å². The molecule has 3 rings (SSSR count). The maximum atomic E-state index is 4.63. The molecular weight excluding hydrogens is 266 g/mol. The maximum absolute atomic E-state index is 4.63. The van der Waals surface area contributed by atoms with Crippen LogP contribution in [0.15, 0.2) is 46.9 Å². The molecule has 0 aliphatic heterocycles. The highest BCUT2D eigenvalue weighted by molar-refractivity contribution is 7.11. The van der Waals surface area contributed by atoms with Gasteiger partial charge < -0.3 is 0 Å². The number of aromatic nitrogens is 1. The van der Waals surface area contributed by atoms with Gasteiger partial charge in [-0.1, -0.05) is 18.2 Å². The van der Waals surface area contributed by atoms with Crippen molar-refractivity contribution in [2.75, 3.05) is 5.43 Å². The highest BCUT2D eigenvalue weighted by Crippen LogP contribution is 2.20. The summed E-state index contributed by atoms with van der Waals surface area (Å²) in [5.41, 5.74) is 6.32. The second-order valence-electron chi connectivity index (χ2n) is 4.74. The van der Waals surface area contributed by atoms with Crippen molar-refractivity contribution in [2.24, 2.45) is 5.10 Å². The number of hydrazone groups is 1. The van der Waals surface area contributed by atoms with Crippen LogP contribution in [0, 0.1) is 13.8 Å². The molecule has 0 amide bonds. The first-order valence-corrected chi connectivity index (χ1v) is 7.31. The Labute approximate surface area is 122 Å². The van der Waals surface area contributed by atoms with E-state index in [9.17, 15) is 0 Å². The third kappa shape index (κ3) is 2.70. The Morgan fingerprint density at radius 3 is 2.90 bits per heavy atom. The third-order valence-corrected chi connectivity index (χ3v) is 3.88. The summed E-state index contributed by atoms with van der Waals surface area (Å²) in [4.78, 5) is 5.75. The topological polar surface area (TPSA) is 37.3 Å². The van der Waals surface area contributed by atoms with Crippen LogP contribution in [0.5, 0.6) is 0 Å². The van der Waals surface area contributed by atoms with Crippen LogP contribution < -0.4 is 5.43 Å². The van der Waals surface area contributed by atoms with Crippen molar-refractivity contribution < 1.29 is 0 Å². The van der Waals surface area contributed by atoms with Gasteiger partial charge >= 0.3 is 0 Å². The van der Waals surface area contributed by atoms with Crippen molar-refractivity contribution in [3.63, 3.8) is 0 Å². The molecule has 0 saturated heterocycles. The molecule has 0 aliphatic carbocycles. The number of hydrogen-bond donors (Lipinski definition) is 1. The molecule has 0 atom stereocenters. The standard InChI is InChI=1S/C16H15N3S/c1-11-5-6-13-9-12(2)16(18-15(13)8-11)19-17-10-14-4-3-7-20-14/h3-10H,1-2H3,(H,18,19)/b17-10+. The second kappa shape index (κ2) is 5.43. The van der Waals surface area contributed by atoms with Gasteiger partial charge in [0, 0.05) is 10.3 Å². The van der Waals surface area contributed by atoms with Crippen LogP contribution in [0.25, 0.3) is 10.9 Å². The molecule has 0 spiro atoms. The molecule has 0 unspecified atom stereocenters. The Hall–Kier alpha value is -2.20. The largest absolute Gasteiger partial charge is 0.261 e. The van der Waals surface area contributed by atoms with Crippen LogP contribution in [0.3, 0.4) is 0 Å². The number of rotatable bonds is 3. The maximum Gasteiger partial charge on any atom is 0.149 e. The highest BCUT2D eigenvalue weighted by Gasteiger charge is 2.02. The summed E-state index contributed by atoms with van der Waals surface area (Å²) in [7, 11) is 0. The van der Waals surface area contributed by atoms with E-state index < -0.39 is 0 Å². The molecule has 0 radical (unpaired) electrons. The molecule has 0 saturated carbocycles. The number of nitrogens with zero attached hydrogens (tertiary/aromatic N) is 2.